The summed E-state index contributed by atoms with van der Waals surface area (Å²) in [6.45, 7) is 2.88. The Morgan fingerprint density at radius 1 is 1.44 bits per heavy atom. The van der Waals surface area contributed by atoms with Crippen molar-refractivity contribution in [2.45, 2.75) is 31.8 Å². The third-order valence-corrected chi connectivity index (χ3v) is 3.59. The number of rotatable bonds is 5. The molecule has 1 saturated heterocycles. The van der Waals surface area contributed by atoms with Gasteiger partial charge in [0.2, 0.25) is 0 Å². The quantitative estimate of drug-likeness (QED) is 0.804. The number of hydrogen-bond acceptors (Lipinski definition) is 3. The smallest absolute Gasteiger partial charge is 0.164 e. The van der Waals surface area contributed by atoms with Gasteiger partial charge in [-0.2, -0.15) is 0 Å². The van der Waals surface area contributed by atoms with Crippen LogP contribution >= 0.6 is 0 Å². The molecule has 2 rings (SSSR count). The summed E-state index contributed by atoms with van der Waals surface area (Å²) in [5, 5.41) is 9.41. The van der Waals surface area contributed by atoms with E-state index in [1.165, 1.54) is 0 Å². The highest BCUT2D eigenvalue weighted by Gasteiger charge is 2.16. The molecule has 1 aliphatic heterocycles. The van der Waals surface area contributed by atoms with Crippen LogP contribution in [-0.2, 0) is 7.05 Å². The van der Waals surface area contributed by atoms with E-state index in [1.54, 1.807) is 0 Å². The van der Waals surface area contributed by atoms with Gasteiger partial charge in [-0.3, -0.25) is 4.79 Å². The van der Waals surface area contributed by atoms with Gasteiger partial charge in [0, 0.05) is 44.5 Å². The van der Waals surface area contributed by atoms with Crippen LogP contribution < -0.4 is 0 Å². The van der Waals surface area contributed by atoms with Crippen molar-refractivity contribution < 1.29 is 9.90 Å². The molecule has 0 aromatic carbocycles. The number of aromatic nitrogens is 1. The van der Waals surface area contributed by atoms with Crippen LogP contribution in [0.1, 0.15) is 36.0 Å². The topological polar surface area (TPSA) is 45.5 Å². The fourth-order valence-electron chi connectivity index (χ4n) is 2.42. The second-order valence-electron chi connectivity index (χ2n) is 5.17. The second-order valence-corrected chi connectivity index (χ2v) is 5.17. The summed E-state index contributed by atoms with van der Waals surface area (Å²) in [5.41, 5.74) is 0.812. The normalized spacial score (nSPS) is 18.1. The number of aliphatic hydroxyl groups is 1. The maximum absolute atomic E-state index is 11.9. The summed E-state index contributed by atoms with van der Waals surface area (Å²) in [6, 6.07) is 1.87. The maximum Gasteiger partial charge on any atom is 0.164 e. The Morgan fingerprint density at radius 3 is 2.78 bits per heavy atom. The average Bonchev–Trinajstić information content (AvgIpc) is 2.78. The Balaban J connectivity index is 1.67. The lowest BCUT2D eigenvalue weighted by Crippen LogP contribution is -2.36. The molecule has 18 heavy (non-hydrogen) atoms. The molecular formula is C14H22N2O2. The summed E-state index contributed by atoms with van der Waals surface area (Å²) >= 11 is 0. The van der Waals surface area contributed by atoms with Gasteiger partial charge in [-0.25, -0.2) is 0 Å². The summed E-state index contributed by atoms with van der Waals surface area (Å²) in [4.78, 5) is 14.2. The third kappa shape index (κ3) is 3.68. The molecule has 0 saturated carbocycles. The lowest BCUT2D eigenvalue weighted by atomic mass is 10.1. The first kappa shape index (κ1) is 13.3. The van der Waals surface area contributed by atoms with Gasteiger partial charge >= 0.3 is 0 Å². The van der Waals surface area contributed by atoms with Crippen LogP contribution in [0.25, 0.3) is 0 Å². The molecule has 0 unspecified atom stereocenters. The minimum absolute atomic E-state index is 0.118. The summed E-state index contributed by atoms with van der Waals surface area (Å²) in [7, 11) is 1.93. The van der Waals surface area contributed by atoms with E-state index in [0.717, 1.165) is 44.5 Å². The van der Waals surface area contributed by atoms with E-state index in [2.05, 4.69) is 4.90 Å². The van der Waals surface area contributed by atoms with Gasteiger partial charge in [0.05, 0.1) is 6.10 Å². The van der Waals surface area contributed by atoms with E-state index < -0.39 is 0 Å². The van der Waals surface area contributed by atoms with Crippen molar-refractivity contribution in [3.05, 3.63) is 24.0 Å². The van der Waals surface area contributed by atoms with E-state index in [1.807, 2.05) is 30.1 Å². The number of ketones is 1. The SMILES string of the molecule is Cn1ccc(C(=O)CCCN2CCC(O)CC2)c1. The number of aliphatic hydroxyl groups excluding tert-OH is 1. The van der Waals surface area contributed by atoms with Crippen molar-refractivity contribution in [2.24, 2.45) is 7.05 Å². The molecule has 0 aliphatic carbocycles. The minimum Gasteiger partial charge on any atom is -0.393 e. The fraction of sp³-hybridized carbons (Fsp3) is 0.643. The minimum atomic E-state index is -0.118. The summed E-state index contributed by atoms with van der Waals surface area (Å²) in [5.74, 6) is 0.229. The predicted octanol–water partition coefficient (Wildman–Crippen LogP) is 1.44. The third-order valence-electron chi connectivity index (χ3n) is 3.59. The zero-order valence-corrected chi connectivity index (χ0v) is 11.0. The van der Waals surface area contributed by atoms with Crippen LogP contribution in [0, 0.1) is 0 Å². The van der Waals surface area contributed by atoms with Gasteiger partial charge in [0.25, 0.3) is 0 Å². The molecule has 1 aromatic heterocycles. The average molecular weight is 250 g/mol. The van der Waals surface area contributed by atoms with E-state index in [-0.39, 0.29) is 11.9 Å². The Kier molecular flexibility index (Phi) is 4.55. The van der Waals surface area contributed by atoms with Gasteiger partial charge in [0.1, 0.15) is 0 Å². The molecule has 0 radical (unpaired) electrons. The highest BCUT2D eigenvalue weighted by Crippen LogP contribution is 2.12. The van der Waals surface area contributed by atoms with E-state index >= 15 is 0 Å². The fourth-order valence-corrected chi connectivity index (χ4v) is 2.42. The van der Waals surface area contributed by atoms with Gasteiger partial charge in [-0.1, -0.05) is 0 Å². The number of nitrogens with zero attached hydrogens (tertiary/aromatic N) is 2. The molecule has 4 heteroatoms. The Morgan fingerprint density at radius 2 is 2.17 bits per heavy atom. The highest BCUT2D eigenvalue weighted by molar-refractivity contribution is 5.95. The van der Waals surface area contributed by atoms with Crippen molar-refractivity contribution in [1.29, 1.82) is 0 Å². The second kappa shape index (κ2) is 6.16. The maximum atomic E-state index is 11.9. The Hall–Kier alpha value is -1.13. The molecule has 0 atom stereocenters. The number of likely N-dealkylation sites (tertiary alicyclic amines) is 1. The number of carbonyl (C=O) groups excluding carboxylic acids is 1. The number of aryl methyl sites for hydroxylation is 1. The van der Waals surface area contributed by atoms with Gasteiger partial charge < -0.3 is 14.6 Å². The molecular weight excluding hydrogens is 228 g/mol. The molecule has 4 nitrogen and oxygen atoms in total. The first-order chi connectivity index (χ1) is 8.65. The molecule has 1 aliphatic rings. The van der Waals surface area contributed by atoms with Crippen molar-refractivity contribution in [3.63, 3.8) is 0 Å². The van der Waals surface area contributed by atoms with Crippen LogP contribution in [0.4, 0.5) is 0 Å². The van der Waals surface area contributed by atoms with Gasteiger partial charge in [-0.15, -0.1) is 0 Å². The largest absolute Gasteiger partial charge is 0.393 e. The molecule has 1 fully saturated rings. The van der Waals surface area contributed by atoms with Crippen LogP contribution in [0.15, 0.2) is 18.5 Å². The van der Waals surface area contributed by atoms with Crippen LogP contribution in [-0.4, -0.2) is 46.1 Å². The predicted molar refractivity (Wildman–Crippen MR) is 70.7 cm³/mol. The highest BCUT2D eigenvalue weighted by atomic mass is 16.3. The Bertz CT molecular complexity index is 392. The van der Waals surface area contributed by atoms with Crippen molar-refractivity contribution in [1.82, 2.24) is 9.47 Å². The van der Waals surface area contributed by atoms with Crippen LogP contribution in [0.2, 0.25) is 0 Å². The zero-order chi connectivity index (χ0) is 13.0. The number of piperidine rings is 1. The first-order valence-corrected chi connectivity index (χ1v) is 6.71. The molecule has 2 heterocycles. The van der Waals surface area contributed by atoms with Gasteiger partial charge in [0.15, 0.2) is 5.78 Å². The van der Waals surface area contributed by atoms with Crippen molar-refractivity contribution in [3.8, 4) is 0 Å². The molecule has 0 amide bonds. The lowest BCUT2D eigenvalue weighted by molar-refractivity contribution is 0.0800. The van der Waals surface area contributed by atoms with Crippen LogP contribution in [0.5, 0.6) is 0 Å². The zero-order valence-electron chi connectivity index (χ0n) is 11.0. The molecule has 0 spiro atoms. The summed E-state index contributed by atoms with van der Waals surface area (Å²) in [6.07, 6.45) is 6.91. The molecule has 1 aromatic rings. The molecule has 1 N–H and O–H groups in total. The van der Waals surface area contributed by atoms with E-state index in [0.29, 0.717) is 6.42 Å². The summed E-state index contributed by atoms with van der Waals surface area (Å²) < 4.78 is 1.90. The van der Waals surface area contributed by atoms with E-state index in [4.69, 9.17) is 0 Å². The van der Waals surface area contributed by atoms with Gasteiger partial charge in [-0.05, 0) is 31.9 Å². The first-order valence-electron chi connectivity index (χ1n) is 6.71. The molecule has 100 valence electrons. The van der Waals surface area contributed by atoms with Crippen molar-refractivity contribution in [2.75, 3.05) is 19.6 Å². The monoisotopic (exact) mass is 250 g/mol. The van der Waals surface area contributed by atoms with Crippen LogP contribution in [0.3, 0.4) is 0 Å². The lowest BCUT2D eigenvalue weighted by Gasteiger charge is -2.29. The van der Waals surface area contributed by atoms with E-state index in [9.17, 15) is 9.90 Å². The molecule has 0 bridgehead atoms. The Labute approximate surface area is 108 Å². The standard InChI is InChI=1S/C14H22N2O2/c1-15-8-4-12(11-15)14(18)3-2-7-16-9-5-13(17)6-10-16/h4,8,11,13,17H,2-3,5-7,9-10H2,1H3. The number of hydrogen-bond donors (Lipinski definition) is 1. The van der Waals surface area contributed by atoms with Crippen molar-refractivity contribution >= 4 is 5.78 Å². The number of Topliss-reactive ketones (excluding diaryl/α,β-unsaturated/α-hetero) is 1. The number of carbonyl (C=O) groups is 1.